The first-order valence-corrected chi connectivity index (χ1v) is 9.68. The van der Waals surface area contributed by atoms with Gasteiger partial charge in [-0.25, -0.2) is 0 Å². The van der Waals surface area contributed by atoms with Crippen molar-refractivity contribution in [3.63, 3.8) is 0 Å². The predicted octanol–water partition coefficient (Wildman–Crippen LogP) is 3.80. The maximum Gasteiger partial charge on any atom is 0.277 e. The molecule has 0 saturated heterocycles. The molecular weight excluding hydrogens is 364 g/mol. The van der Waals surface area contributed by atoms with E-state index in [1.807, 2.05) is 30.3 Å². The summed E-state index contributed by atoms with van der Waals surface area (Å²) in [5.41, 5.74) is 1.68. The van der Waals surface area contributed by atoms with Gasteiger partial charge < -0.3 is 13.9 Å². The lowest BCUT2D eigenvalue weighted by Crippen LogP contribution is -2.03. The van der Waals surface area contributed by atoms with Crippen LogP contribution in [0.25, 0.3) is 0 Å². The molecule has 27 heavy (non-hydrogen) atoms. The number of thioether (sulfide) groups is 1. The Morgan fingerprint density at radius 1 is 1.00 bits per heavy atom. The second-order valence-electron chi connectivity index (χ2n) is 6.05. The number of ketones is 1. The molecule has 2 heterocycles. The predicted molar refractivity (Wildman–Crippen MR) is 101 cm³/mol. The van der Waals surface area contributed by atoms with E-state index < -0.39 is 0 Å². The van der Waals surface area contributed by atoms with E-state index in [-0.39, 0.29) is 11.5 Å². The smallest absolute Gasteiger partial charge is 0.277 e. The summed E-state index contributed by atoms with van der Waals surface area (Å²) in [7, 11) is 0. The molecule has 6 nitrogen and oxygen atoms in total. The van der Waals surface area contributed by atoms with E-state index in [1.54, 1.807) is 18.2 Å². The number of Topliss-reactive ketones (excluding diaryl/α,β-unsaturated/α-hetero) is 1. The quantitative estimate of drug-likeness (QED) is 0.474. The minimum atomic E-state index is -0.0292. The number of ether oxygens (including phenoxy) is 2. The lowest BCUT2D eigenvalue weighted by Gasteiger charge is -2.08. The summed E-state index contributed by atoms with van der Waals surface area (Å²) in [6.07, 6.45) is 1.40. The Kier molecular flexibility index (Phi) is 5.39. The van der Waals surface area contributed by atoms with Crippen molar-refractivity contribution < 1.29 is 18.7 Å². The zero-order valence-corrected chi connectivity index (χ0v) is 15.4. The van der Waals surface area contributed by atoms with Crippen molar-refractivity contribution in [1.82, 2.24) is 10.2 Å². The standard InChI is InChI=1S/C20H18N2O4S/c23-16(15-7-8-17-18(12-15)25-10-4-9-24-17)13-27-20-22-21-19(26-20)11-14-5-2-1-3-6-14/h1-3,5-8,12H,4,9-11,13H2. The van der Waals surface area contributed by atoms with E-state index in [0.717, 1.165) is 12.0 Å². The Labute approximate surface area is 160 Å². The highest BCUT2D eigenvalue weighted by Crippen LogP contribution is 2.31. The number of hydrogen-bond acceptors (Lipinski definition) is 7. The monoisotopic (exact) mass is 382 g/mol. The molecule has 7 heteroatoms. The molecule has 0 aliphatic carbocycles. The van der Waals surface area contributed by atoms with Crippen LogP contribution >= 0.6 is 11.8 Å². The van der Waals surface area contributed by atoms with E-state index in [1.165, 1.54) is 11.8 Å². The van der Waals surface area contributed by atoms with Crippen molar-refractivity contribution in [2.45, 2.75) is 18.1 Å². The average Bonchev–Trinajstić information content (AvgIpc) is 3.01. The van der Waals surface area contributed by atoms with E-state index in [9.17, 15) is 4.79 Å². The molecule has 0 saturated carbocycles. The average molecular weight is 382 g/mol. The van der Waals surface area contributed by atoms with Gasteiger partial charge >= 0.3 is 0 Å². The summed E-state index contributed by atoms with van der Waals surface area (Å²) in [5.74, 6) is 2.02. The Morgan fingerprint density at radius 2 is 1.81 bits per heavy atom. The van der Waals surface area contributed by atoms with E-state index in [2.05, 4.69) is 10.2 Å². The molecule has 1 aliphatic rings. The molecule has 3 aromatic rings. The van der Waals surface area contributed by atoms with Gasteiger partial charge in [-0.3, -0.25) is 4.79 Å². The second-order valence-corrected chi connectivity index (χ2v) is 6.97. The maximum absolute atomic E-state index is 12.5. The van der Waals surface area contributed by atoms with Gasteiger partial charge in [-0.2, -0.15) is 0 Å². The van der Waals surface area contributed by atoms with Crippen molar-refractivity contribution in [2.24, 2.45) is 0 Å². The molecule has 0 N–H and O–H groups in total. The Morgan fingerprint density at radius 3 is 2.67 bits per heavy atom. The van der Waals surface area contributed by atoms with Gasteiger partial charge in [-0.1, -0.05) is 42.1 Å². The van der Waals surface area contributed by atoms with Crippen LogP contribution in [0.3, 0.4) is 0 Å². The minimum absolute atomic E-state index is 0.0292. The van der Waals surface area contributed by atoms with Crippen molar-refractivity contribution in [3.05, 3.63) is 65.5 Å². The van der Waals surface area contributed by atoms with Crippen LogP contribution in [0.4, 0.5) is 0 Å². The van der Waals surface area contributed by atoms with Crippen molar-refractivity contribution >= 4 is 17.5 Å². The van der Waals surface area contributed by atoms with Crippen molar-refractivity contribution in [2.75, 3.05) is 19.0 Å². The summed E-state index contributed by atoms with van der Waals surface area (Å²) < 4.78 is 16.9. The van der Waals surface area contributed by atoms with Gasteiger partial charge in [0, 0.05) is 12.0 Å². The van der Waals surface area contributed by atoms with Gasteiger partial charge in [0.25, 0.3) is 5.22 Å². The molecule has 0 unspecified atom stereocenters. The third-order valence-electron chi connectivity index (χ3n) is 4.04. The topological polar surface area (TPSA) is 74.5 Å². The first kappa shape index (κ1) is 17.6. The summed E-state index contributed by atoms with van der Waals surface area (Å²) in [5, 5.41) is 8.45. The summed E-state index contributed by atoms with van der Waals surface area (Å²) in [4.78, 5) is 12.5. The highest BCUT2D eigenvalue weighted by atomic mass is 32.2. The van der Waals surface area contributed by atoms with Crippen molar-refractivity contribution in [3.8, 4) is 11.5 Å². The number of rotatable bonds is 6. The molecule has 0 amide bonds. The van der Waals surface area contributed by atoms with Gasteiger partial charge in [0.05, 0.1) is 25.4 Å². The molecule has 1 aromatic heterocycles. The third-order valence-corrected chi connectivity index (χ3v) is 4.86. The van der Waals surface area contributed by atoms with Crippen LogP contribution in [-0.2, 0) is 6.42 Å². The Hall–Kier alpha value is -2.80. The summed E-state index contributed by atoms with van der Waals surface area (Å²) in [6, 6.07) is 15.2. The molecule has 2 aromatic carbocycles. The number of fused-ring (bicyclic) bond motifs is 1. The molecule has 0 fully saturated rings. The highest BCUT2D eigenvalue weighted by Gasteiger charge is 2.16. The molecule has 138 valence electrons. The van der Waals surface area contributed by atoms with Gasteiger partial charge in [0.1, 0.15) is 0 Å². The molecule has 0 bridgehead atoms. The molecule has 0 spiro atoms. The number of aromatic nitrogens is 2. The van der Waals surface area contributed by atoms with Crippen LogP contribution in [0.1, 0.15) is 28.2 Å². The second kappa shape index (κ2) is 8.26. The number of benzene rings is 2. The molecule has 0 atom stereocenters. The third kappa shape index (κ3) is 4.49. The van der Waals surface area contributed by atoms with Crippen LogP contribution in [0.2, 0.25) is 0 Å². The van der Waals surface area contributed by atoms with E-state index in [4.69, 9.17) is 13.9 Å². The van der Waals surface area contributed by atoms with Gasteiger partial charge in [0.2, 0.25) is 5.89 Å². The Balaban J connectivity index is 1.36. The SMILES string of the molecule is O=C(CSc1nnc(Cc2ccccc2)o1)c1ccc2c(c1)OCCCO2. The largest absolute Gasteiger partial charge is 0.490 e. The van der Waals surface area contributed by atoms with Gasteiger partial charge in [0.15, 0.2) is 17.3 Å². The van der Waals surface area contributed by atoms with Crippen LogP contribution in [-0.4, -0.2) is 34.9 Å². The fourth-order valence-electron chi connectivity index (χ4n) is 2.69. The number of nitrogens with zero attached hydrogens (tertiary/aromatic N) is 2. The highest BCUT2D eigenvalue weighted by molar-refractivity contribution is 7.99. The number of carbonyl (C=O) groups excluding carboxylic acids is 1. The zero-order chi connectivity index (χ0) is 18.5. The summed E-state index contributed by atoms with van der Waals surface area (Å²) in [6.45, 7) is 1.21. The molecule has 4 rings (SSSR count). The fraction of sp³-hybridized carbons (Fsp3) is 0.250. The number of carbonyl (C=O) groups is 1. The van der Waals surface area contributed by atoms with E-state index >= 15 is 0 Å². The minimum Gasteiger partial charge on any atom is -0.490 e. The lowest BCUT2D eigenvalue weighted by atomic mass is 10.1. The molecule has 0 radical (unpaired) electrons. The van der Waals surface area contributed by atoms with Gasteiger partial charge in [-0.15, -0.1) is 10.2 Å². The molecule has 1 aliphatic heterocycles. The zero-order valence-electron chi connectivity index (χ0n) is 14.6. The van der Waals surface area contributed by atoms with Crippen LogP contribution in [0.5, 0.6) is 11.5 Å². The van der Waals surface area contributed by atoms with Crippen molar-refractivity contribution in [1.29, 1.82) is 0 Å². The summed E-state index contributed by atoms with van der Waals surface area (Å²) >= 11 is 1.23. The molecular formula is C20H18N2O4S. The normalized spacial score (nSPS) is 13.2. The van der Waals surface area contributed by atoms with Crippen LogP contribution < -0.4 is 9.47 Å². The Bertz CT molecular complexity index is 927. The van der Waals surface area contributed by atoms with Crippen LogP contribution in [0, 0.1) is 0 Å². The first-order chi connectivity index (χ1) is 13.3. The number of hydrogen-bond donors (Lipinski definition) is 0. The fourth-order valence-corrected chi connectivity index (χ4v) is 3.36. The van der Waals surface area contributed by atoms with Gasteiger partial charge in [-0.05, 0) is 23.8 Å². The van der Waals surface area contributed by atoms with E-state index in [0.29, 0.717) is 47.8 Å². The first-order valence-electron chi connectivity index (χ1n) is 8.70. The maximum atomic E-state index is 12.5. The lowest BCUT2D eigenvalue weighted by molar-refractivity contribution is 0.102. The van der Waals surface area contributed by atoms with Crippen LogP contribution in [0.15, 0.2) is 58.2 Å².